The Balaban J connectivity index is 1.84. The van der Waals surface area contributed by atoms with Gasteiger partial charge in [-0.2, -0.15) is 0 Å². The summed E-state index contributed by atoms with van der Waals surface area (Å²) in [5.74, 6) is 0.900. The van der Waals surface area contributed by atoms with Crippen LogP contribution in [0.4, 0.5) is 0 Å². The molecule has 1 heterocycles. The molecule has 1 nitrogen and oxygen atoms in total. The first-order valence-electron chi connectivity index (χ1n) is 5.92. The Morgan fingerprint density at radius 2 is 2.36 bits per heavy atom. The largest absolute Gasteiger partial charge is 0.299 e. The van der Waals surface area contributed by atoms with Crippen molar-refractivity contribution < 1.29 is 0 Å². The highest BCUT2D eigenvalue weighted by Gasteiger charge is 2.16. The molecule has 1 heteroatoms. The third-order valence-corrected chi connectivity index (χ3v) is 3.22. The Labute approximate surface area is 87.5 Å². The van der Waals surface area contributed by atoms with Crippen molar-refractivity contribution in [1.82, 2.24) is 4.90 Å². The molecule has 0 spiro atoms. The number of nitrogens with zero attached hydrogens (tertiary/aromatic N) is 1. The molecule has 1 aliphatic heterocycles. The molecule has 2 rings (SSSR count). The summed E-state index contributed by atoms with van der Waals surface area (Å²) in [6.45, 7) is 6.15. The van der Waals surface area contributed by atoms with Crippen molar-refractivity contribution in [1.29, 1.82) is 0 Å². The van der Waals surface area contributed by atoms with E-state index < -0.39 is 0 Å². The van der Waals surface area contributed by atoms with Crippen LogP contribution in [-0.4, -0.2) is 24.5 Å². The van der Waals surface area contributed by atoms with Gasteiger partial charge in [0.05, 0.1) is 0 Å². The van der Waals surface area contributed by atoms with Gasteiger partial charge in [0.25, 0.3) is 0 Å². The Kier molecular flexibility index (Phi) is 3.41. The predicted molar refractivity (Wildman–Crippen MR) is 61.3 cm³/mol. The molecule has 1 unspecified atom stereocenters. The zero-order chi connectivity index (χ0) is 9.80. The van der Waals surface area contributed by atoms with Gasteiger partial charge in [0.1, 0.15) is 0 Å². The van der Waals surface area contributed by atoms with Crippen LogP contribution in [0.25, 0.3) is 0 Å². The summed E-state index contributed by atoms with van der Waals surface area (Å²) in [6.07, 6.45) is 12.3. The maximum Gasteiger partial charge on any atom is 0.0230 e. The van der Waals surface area contributed by atoms with Crippen molar-refractivity contribution in [3.8, 4) is 0 Å². The second-order valence-corrected chi connectivity index (χ2v) is 4.74. The van der Waals surface area contributed by atoms with E-state index >= 15 is 0 Å². The minimum Gasteiger partial charge on any atom is -0.299 e. The summed E-state index contributed by atoms with van der Waals surface area (Å²) >= 11 is 0. The average molecular weight is 191 g/mol. The number of piperidine rings is 1. The standard InChI is InChI=1S/C13H21N/c1-12-6-5-9-14(10-12)11-13-7-3-2-4-8-13/h3,7-8,12H,2,4-6,9-11H2,1H3. The zero-order valence-electron chi connectivity index (χ0n) is 9.21. The van der Waals surface area contributed by atoms with E-state index in [1.807, 2.05) is 0 Å². The van der Waals surface area contributed by atoms with Crippen molar-refractivity contribution in [2.75, 3.05) is 19.6 Å². The molecule has 78 valence electrons. The van der Waals surface area contributed by atoms with E-state index in [0.29, 0.717) is 0 Å². The molecule has 1 saturated heterocycles. The van der Waals surface area contributed by atoms with Gasteiger partial charge in [-0.3, -0.25) is 4.90 Å². The van der Waals surface area contributed by atoms with Crippen LogP contribution in [0.15, 0.2) is 23.8 Å². The van der Waals surface area contributed by atoms with Crippen LogP contribution in [0.1, 0.15) is 32.6 Å². The molecule has 0 bridgehead atoms. The summed E-state index contributed by atoms with van der Waals surface area (Å²) in [5, 5.41) is 0. The Bertz CT molecular complexity index is 240. The predicted octanol–water partition coefficient (Wildman–Crippen LogP) is 2.99. The van der Waals surface area contributed by atoms with Crippen LogP contribution in [0.2, 0.25) is 0 Å². The monoisotopic (exact) mass is 191 g/mol. The first-order chi connectivity index (χ1) is 6.84. The van der Waals surface area contributed by atoms with Crippen molar-refractivity contribution in [2.24, 2.45) is 5.92 Å². The maximum absolute atomic E-state index is 2.61. The van der Waals surface area contributed by atoms with Crippen LogP contribution in [0, 0.1) is 5.92 Å². The lowest BCUT2D eigenvalue weighted by molar-refractivity contribution is 0.198. The van der Waals surface area contributed by atoms with E-state index in [1.165, 1.54) is 50.9 Å². The summed E-state index contributed by atoms with van der Waals surface area (Å²) in [6, 6.07) is 0. The first kappa shape index (κ1) is 9.97. The molecule has 14 heavy (non-hydrogen) atoms. The lowest BCUT2D eigenvalue weighted by Crippen LogP contribution is -2.35. The number of rotatable bonds is 2. The first-order valence-corrected chi connectivity index (χ1v) is 5.92. The van der Waals surface area contributed by atoms with Crippen LogP contribution in [0.5, 0.6) is 0 Å². The van der Waals surface area contributed by atoms with E-state index in [1.54, 1.807) is 0 Å². The van der Waals surface area contributed by atoms with Crippen molar-refractivity contribution in [3.05, 3.63) is 23.8 Å². The normalized spacial score (nSPS) is 28.9. The number of allylic oxidation sites excluding steroid dienone is 2. The van der Waals surface area contributed by atoms with Crippen molar-refractivity contribution in [3.63, 3.8) is 0 Å². The van der Waals surface area contributed by atoms with Crippen LogP contribution in [0.3, 0.4) is 0 Å². The van der Waals surface area contributed by atoms with E-state index in [9.17, 15) is 0 Å². The van der Waals surface area contributed by atoms with Gasteiger partial charge in [0.15, 0.2) is 0 Å². The maximum atomic E-state index is 2.61. The molecule has 0 aromatic carbocycles. The molecule has 1 fully saturated rings. The van der Waals surface area contributed by atoms with Crippen molar-refractivity contribution in [2.45, 2.75) is 32.6 Å². The number of hydrogen-bond acceptors (Lipinski definition) is 1. The molecule has 0 aromatic heterocycles. The highest BCUT2D eigenvalue weighted by Crippen LogP contribution is 2.18. The third kappa shape index (κ3) is 2.71. The molecule has 1 atom stereocenters. The lowest BCUT2D eigenvalue weighted by atomic mass is 9.99. The molecule has 0 N–H and O–H groups in total. The minimum atomic E-state index is 0.900. The highest BCUT2D eigenvalue weighted by molar-refractivity contribution is 5.23. The molecular formula is C13H21N. The van der Waals surface area contributed by atoms with Gasteiger partial charge < -0.3 is 0 Å². The summed E-state index contributed by atoms with van der Waals surface area (Å²) in [7, 11) is 0. The Hall–Kier alpha value is -0.560. The third-order valence-electron chi connectivity index (χ3n) is 3.22. The van der Waals surface area contributed by atoms with Crippen LogP contribution >= 0.6 is 0 Å². The molecule has 0 saturated carbocycles. The van der Waals surface area contributed by atoms with E-state index in [2.05, 4.69) is 30.1 Å². The molecule has 0 aromatic rings. The van der Waals surface area contributed by atoms with E-state index in [0.717, 1.165) is 5.92 Å². The van der Waals surface area contributed by atoms with Crippen LogP contribution < -0.4 is 0 Å². The smallest absolute Gasteiger partial charge is 0.0230 e. The fourth-order valence-electron chi connectivity index (χ4n) is 2.47. The highest BCUT2D eigenvalue weighted by atomic mass is 15.1. The lowest BCUT2D eigenvalue weighted by Gasteiger charge is -2.31. The number of hydrogen-bond donors (Lipinski definition) is 0. The summed E-state index contributed by atoms with van der Waals surface area (Å²) < 4.78 is 0. The van der Waals surface area contributed by atoms with Gasteiger partial charge in [-0.25, -0.2) is 0 Å². The molecule has 0 radical (unpaired) electrons. The second kappa shape index (κ2) is 4.79. The summed E-state index contributed by atoms with van der Waals surface area (Å²) in [4.78, 5) is 2.61. The zero-order valence-corrected chi connectivity index (χ0v) is 9.21. The van der Waals surface area contributed by atoms with Gasteiger partial charge in [-0.05, 0) is 43.7 Å². The molecule has 0 amide bonds. The average Bonchev–Trinajstić information content (AvgIpc) is 2.19. The Morgan fingerprint density at radius 1 is 1.43 bits per heavy atom. The quantitative estimate of drug-likeness (QED) is 0.648. The molecule has 2 aliphatic rings. The molecule has 1 aliphatic carbocycles. The topological polar surface area (TPSA) is 3.24 Å². The molecular weight excluding hydrogens is 170 g/mol. The van der Waals surface area contributed by atoms with Gasteiger partial charge in [0, 0.05) is 13.1 Å². The fourth-order valence-corrected chi connectivity index (χ4v) is 2.47. The van der Waals surface area contributed by atoms with Gasteiger partial charge in [-0.15, -0.1) is 0 Å². The SMILES string of the molecule is CC1CCCN(CC2=CCCC=C2)C1. The van der Waals surface area contributed by atoms with Crippen molar-refractivity contribution >= 4 is 0 Å². The Morgan fingerprint density at radius 3 is 3.07 bits per heavy atom. The van der Waals surface area contributed by atoms with Gasteiger partial charge in [0.2, 0.25) is 0 Å². The van der Waals surface area contributed by atoms with E-state index in [4.69, 9.17) is 0 Å². The second-order valence-electron chi connectivity index (χ2n) is 4.74. The fraction of sp³-hybridized carbons (Fsp3) is 0.692. The van der Waals surface area contributed by atoms with E-state index in [-0.39, 0.29) is 0 Å². The minimum absolute atomic E-state index is 0.900. The number of likely N-dealkylation sites (tertiary alicyclic amines) is 1. The van der Waals surface area contributed by atoms with Gasteiger partial charge >= 0.3 is 0 Å². The van der Waals surface area contributed by atoms with Crippen LogP contribution in [-0.2, 0) is 0 Å². The van der Waals surface area contributed by atoms with Gasteiger partial charge in [-0.1, -0.05) is 25.2 Å². The summed E-state index contributed by atoms with van der Waals surface area (Å²) in [5.41, 5.74) is 1.53.